The average Bonchev–Trinajstić information content (AvgIpc) is 3.19. The zero-order valence-corrected chi connectivity index (χ0v) is 19.7. The maximum Gasteiger partial charge on any atom is 0.229 e. The molecule has 6 heteroatoms. The Balaban J connectivity index is 1.45. The van der Waals surface area contributed by atoms with Crippen LogP contribution in [0.1, 0.15) is 51.6 Å². The predicted molar refractivity (Wildman–Crippen MR) is 128 cm³/mol. The van der Waals surface area contributed by atoms with Crippen LogP contribution in [-0.4, -0.2) is 22.4 Å². The van der Waals surface area contributed by atoms with Crippen LogP contribution in [0.2, 0.25) is 0 Å². The quantitative estimate of drug-likeness (QED) is 0.480. The number of rotatable bonds is 6. The number of aryl methyl sites for hydroxylation is 2. The molecule has 0 aliphatic heterocycles. The molecule has 4 nitrogen and oxygen atoms in total. The average molecular weight is 451 g/mol. The number of Topliss-reactive ketones (excluding diaryl/α,β-unsaturated/α-hetero) is 1. The number of nitrogens with one attached hydrogen (secondary N) is 1. The third kappa shape index (κ3) is 4.60. The standard InChI is InChI=1S/C25H26N2O2S2/c1-4-30-18-8-6-17(7-9-18)15-23(28)27-22-12-10-19-20(26-22)13-14-25(3,24(19)29)21-11-5-16(2)31-21/h5-12H,4,13-15H2,1-3H3,(H,26,27,28). The summed E-state index contributed by atoms with van der Waals surface area (Å²) in [6.45, 7) is 6.21. The number of amides is 1. The largest absolute Gasteiger partial charge is 0.310 e. The normalized spacial score (nSPS) is 18.0. The van der Waals surface area contributed by atoms with Gasteiger partial charge in [-0.2, -0.15) is 0 Å². The molecule has 2 aromatic heterocycles. The van der Waals surface area contributed by atoms with Crippen molar-refractivity contribution in [2.45, 2.75) is 50.3 Å². The lowest BCUT2D eigenvalue weighted by atomic mass is 9.72. The third-order valence-electron chi connectivity index (χ3n) is 5.73. The Labute approximate surface area is 191 Å². The Morgan fingerprint density at radius 2 is 1.94 bits per heavy atom. The molecule has 160 valence electrons. The van der Waals surface area contributed by atoms with Crippen LogP contribution in [0, 0.1) is 6.92 Å². The molecule has 0 fully saturated rings. The van der Waals surface area contributed by atoms with E-state index >= 15 is 0 Å². The minimum absolute atomic E-state index is 0.107. The minimum atomic E-state index is -0.499. The van der Waals surface area contributed by atoms with E-state index in [2.05, 4.69) is 36.3 Å². The van der Waals surface area contributed by atoms with Crippen LogP contribution in [0.25, 0.3) is 0 Å². The molecular weight excluding hydrogens is 424 g/mol. The molecule has 0 saturated heterocycles. The van der Waals surface area contributed by atoms with Crippen LogP contribution < -0.4 is 5.32 Å². The summed E-state index contributed by atoms with van der Waals surface area (Å²) < 4.78 is 0. The summed E-state index contributed by atoms with van der Waals surface area (Å²) in [7, 11) is 0. The topological polar surface area (TPSA) is 59.1 Å². The highest BCUT2D eigenvalue weighted by Gasteiger charge is 2.41. The maximum atomic E-state index is 13.3. The summed E-state index contributed by atoms with van der Waals surface area (Å²) in [5.74, 6) is 1.54. The molecule has 1 N–H and O–H groups in total. The number of ketones is 1. The van der Waals surface area contributed by atoms with Gasteiger partial charge >= 0.3 is 0 Å². The van der Waals surface area contributed by atoms with Gasteiger partial charge in [0.1, 0.15) is 5.82 Å². The highest BCUT2D eigenvalue weighted by molar-refractivity contribution is 7.99. The van der Waals surface area contributed by atoms with Gasteiger partial charge in [-0.3, -0.25) is 9.59 Å². The predicted octanol–water partition coefficient (Wildman–Crippen LogP) is 5.83. The van der Waals surface area contributed by atoms with Crippen molar-refractivity contribution in [3.63, 3.8) is 0 Å². The molecule has 1 aliphatic carbocycles. The summed E-state index contributed by atoms with van der Waals surface area (Å²) >= 11 is 3.47. The van der Waals surface area contributed by atoms with Crippen molar-refractivity contribution >= 4 is 40.6 Å². The van der Waals surface area contributed by atoms with E-state index in [1.165, 1.54) is 9.77 Å². The molecule has 1 atom stereocenters. The molecule has 1 aliphatic rings. The fourth-order valence-corrected chi connectivity index (χ4v) is 5.66. The Bertz CT molecular complexity index is 1120. The number of carbonyl (C=O) groups is 2. The van der Waals surface area contributed by atoms with Gasteiger partial charge in [-0.05, 0) is 74.4 Å². The number of fused-ring (bicyclic) bond motifs is 1. The van der Waals surface area contributed by atoms with Crippen LogP contribution in [0.5, 0.6) is 0 Å². The second-order valence-corrected chi connectivity index (χ2v) is 10.7. The van der Waals surface area contributed by atoms with Gasteiger partial charge in [0, 0.05) is 20.2 Å². The summed E-state index contributed by atoms with van der Waals surface area (Å²) in [5.41, 5.74) is 1.91. The number of aromatic nitrogens is 1. The molecule has 1 unspecified atom stereocenters. The van der Waals surface area contributed by atoms with Crippen LogP contribution in [0.3, 0.4) is 0 Å². The molecule has 0 saturated carbocycles. The first kappa shape index (κ1) is 21.8. The molecule has 1 amide bonds. The number of carbonyl (C=O) groups excluding carboxylic acids is 2. The van der Waals surface area contributed by atoms with E-state index < -0.39 is 5.41 Å². The molecule has 2 heterocycles. The second kappa shape index (κ2) is 8.97. The van der Waals surface area contributed by atoms with Crippen molar-refractivity contribution in [1.29, 1.82) is 0 Å². The number of anilines is 1. The monoisotopic (exact) mass is 450 g/mol. The molecule has 0 bridgehead atoms. The van der Waals surface area contributed by atoms with Crippen molar-refractivity contribution in [2.24, 2.45) is 0 Å². The van der Waals surface area contributed by atoms with Crippen LogP contribution in [0.4, 0.5) is 5.82 Å². The highest BCUT2D eigenvalue weighted by atomic mass is 32.2. The lowest BCUT2D eigenvalue weighted by Gasteiger charge is -2.32. The van der Waals surface area contributed by atoms with Gasteiger partial charge in [0.05, 0.1) is 17.5 Å². The molecular formula is C25H26N2O2S2. The molecule has 31 heavy (non-hydrogen) atoms. The minimum Gasteiger partial charge on any atom is -0.310 e. The fourth-order valence-electron chi connectivity index (χ4n) is 3.96. The lowest BCUT2D eigenvalue weighted by Crippen LogP contribution is -2.37. The Hall–Kier alpha value is -2.44. The van der Waals surface area contributed by atoms with Crippen molar-refractivity contribution in [3.05, 3.63) is 75.1 Å². The maximum absolute atomic E-state index is 13.3. The zero-order valence-electron chi connectivity index (χ0n) is 18.0. The summed E-state index contributed by atoms with van der Waals surface area (Å²) in [5, 5.41) is 2.89. The smallest absolute Gasteiger partial charge is 0.229 e. The fraction of sp³-hybridized carbons (Fsp3) is 0.320. The first-order chi connectivity index (χ1) is 14.9. The van der Waals surface area contributed by atoms with E-state index in [9.17, 15) is 9.59 Å². The number of thiophene rings is 1. The molecule has 0 radical (unpaired) electrons. The lowest BCUT2D eigenvalue weighted by molar-refractivity contribution is -0.115. The summed E-state index contributed by atoms with van der Waals surface area (Å²) in [6, 6.07) is 15.8. The van der Waals surface area contributed by atoms with E-state index in [-0.39, 0.29) is 11.7 Å². The molecule has 0 spiro atoms. The van der Waals surface area contributed by atoms with Gasteiger partial charge in [-0.15, -0.1) is 23.1 Å². The number of pyridine rings is 1. The van der Waals surface area contributed by atoms with E-state index in [0.717, 1.165) is 34.7 Å². The van der Waals surface area contributed by atoms with Gasteiger partial charge in [0.25, 0.3) is 0 Å². The van der Waals surface area contributed by atoms with Crippen LogP contribution in [-0.2, 0) is 23.1 Å². The first-order valence-electron chi connectivity index (χ1n) is 10.5. The number of hydrogen-bond acceptors (Lipinski definition) is 5. The molecule has 4 rings (SSSR count). The van der Waals surface area contributed by atoms with Crippen LogP contribution >= 0.6 is 23.1 Å². The van der Waals surface area contributed by atoms with Gasteiger partial charge in [0.2, 0.25) is 5.91 Å². The molecule has 3 aromatic rings. The highest BCUT2D eigenvalue weighted by Crippen LogP contribution is 2.40. The van der Waals surface area contributed by atoms with E-state index in [4.69, 9.17) is 0 Å². The van der Waals surface area contributed by atoms with Crippen molar-refractivity contribution in [1.82, 2.24) is 4.98 Å². The Morgan fingerprint density at radius 1 is 1.16 bits per heavy atom. The van der Waals surface area contributed by atoms with E-state index in [0.29, 0.717) is 17.8 Å². The van der Waals surface area contributed by atoms with E-state index in [1.54, 1.807) is 29.2 Å². The number of hydrogen-bond donors (Lipinski definition) is 1. The van der Waals surface area contributed by atoms with Gasteiger partial charge in [-0.1, -0.05) is 19.1 Å². The van der Waals surface area contributed by atoms with Crippen molar-refractivity contribution in [2.75, 3.05) is 11.1 Å². The van der Waals surface area contributed by atoms with Crippen LogP contribution in [0.15, 0.2) is 53.4 Å². The number of nitrogens with zero attached hydrogens (tertiary/aromatic N) is 1. The Morgan fingerprint density at radius 3 is 2.61 bits per heavy atom. The third-order valence-corrected chi connectivity index (χ3v) is 7.89. The summed E-state index contributed by atoms with van der Waals surface area (Å²) in [6.07, 6.45) is 1.74. The number of benzene rings is 1. The second-order valence-electron chi connectivity index (χ2n) is 8.06. The number of thioether (sulfide) groups is 1. The Kier molecular flexibility index (Phi) is 6.30. The van der Waals surface area contributed by atoms with Gasteiger partial charge < -0.3 is 5.32 Å². The SMILES string of the molecule is CCSc1ccc(CC(=O)Nc2ccc3c(n2)CCC(C)(c2ccc(C)s2)C3=O)cc1. The summed E-state index contributed by atoms with van der Waals surface area (Å²) in [4.78, 5) is 33.9. The van der Waals surface area contributed by atoms with E-state index in [1.807, 2.05) is 37.3 Å². The van der Waals surface area contributed by atoms with Crippen molar-refractivity contribution < 1.29 is 9.59 Å². The van der Waals surface area contributed by atoms with Gasteiger partial charge in [0.15, 0.2) is 5.78 Å². The molecule has 1 aromatic carbocycles. The van der Waals surface area contributed by atoms with Crippen molar-refractivity contribution in [3.8, 4) is 0 Å². The first-order valence-corrected chi connectivity index (χ1v) is 12.3. The van der Waals surface area contributed by atoms with Gasteiger partial charge in [-0.25, -0.2) is 4.98 Å². The zero-order chi connectivity index (χ0) is 22.0.